The maximum atomic E-state index is 12.2. The van der Waals surface area contributed by atoms with Crippen LogP contribution in [0.4, 0.5) is 5.69 Å². The lowest BCUT2D eigenvalue weighted by Crippen LogP contribution is -2.48. The van der Waals surface area contributed by atoms with Gasteiger partial charge in [0.1, 0.15) is 6.04 Å². The van der Waals surface area contributed by atoms with E-state index in [1.165, 1.54) is 29.2 Å². The van der Waals surface area contributed by atoms with Crippen LogP contribution in [-0.2, 0) is 16.0 Å². The van der Waals surface area contributed by atoms with E-state index in [4.69, 9.17) is 5.11 Å². The van der Waals surface area contributed by atoms with Gasteiger partial charge in [0.25, 0.3) is 5.69 Å². The lowest BCUT2D eigenvalue weighted by atomic mass is 10.0. The number of piperidine rings is 1. The van der Waals surface area contributed by atoms with Crippen LogP contribution in [0, 0.1) is 10.1 Å². The molecule has 0 aromatic heterocycles. The van der Waals surface area contributed by atoms with E-state index in [0.29, 0.717) is 18.5 Å². The number of non-ortho nitro benzene ring substituents is 1. The number of amides is 1. The Labute approximate surface area is 121 Å². The molecule has 1 aromatic carbocycles. The van der Waals surface area contributed by atoms with Crippen LogP contribution in [0.3, 0.4) is 0 Å². The molecule has 1 aliphatic heterocycles. The van der Waals surface area contributed by atoms with Gasteiger partial charge in [-0.3, -0.25) is 14.9 Å². The quantitative estimate of drug-likeness (QED) is 0.671. The number of carboxylic acids is 1. The second kappa shape index (κ2) is 6.34. The Bertz CT molecular complexity index is 555. The third kappa shape index (κ3) is 3.56. The van der Waals surface area contributed by atoms with Crippen molar-refractivity contribution in [3.8, 4) is 0 Å². The molecule has 1 heterocycles. The monoisotopic (exact) mass is 292 g/mol. The van der Waals surface area contributed by atoms with Crippen LogP contribution < -0.4 is 0 Å². The minimum Gasteiger partial charge on any atom is -0.480 e. The number of nitro benzene ring substituents is 1. The van der Waals surface area contributed by atoms with E-state index < -0.39 is 16.9 Å². The fourth-order valence-corrected chi connectivity index (χ4v) is 2.50. The second-order valence-corrected chi connectivity index (χ2v) is 5.04. The number of rotatable bonds is 4. The number of hydrogen-bond acceptors (Lipinski definition) is 4. The van der Waals surface area contributed by atoms with Gasteiger partial charge in [0, 0.05) is 18.7 Å². The minimum atomic E-state index is -0.980. The van der Waals surface area contributed by atoms with Gasteiger partial charge >= 0.3 is 5.97 Å². The summed E-state index contributed by atoms with van der Waals surface area (Å²) in [4.78, 5) is 34.9. The number of carboxylic acid groups (broad SMARTS) is 1. The fourth-order valence-electron chi connectivity index (χ4n) is 2.50. The number of likely N-dealkylation sites (tertiary alicyclic amines) is 1. The first kappa shape index (κ1) is 15.0. The van der Waals surface area contributed by atoms with Crippen molar-refractivity contribution >= 4 is 17.6 Å². The van der Waals surface area contributed by atoms with Crippen molar-refractivity contribution in [3.63, 3.8) is 0 Å². The molecule has 1 atom stereocenters. The Morgan fingerprint density at radius 3 is 2.52 bits per heavy atom. The van der Waals surface area contributed by atoms with Gasteiger partial charge in [-0.15, -0.1) is 0 Å². The zero-order valence-electron chi connectivity index (χ0n) is 11.4. The number of hydrogen-bond donors (Lipinski definition) is 1. The highest BCUT2D eigenvalue weighted by atomic mass is 16.6. The molecule has 0 spiro atoms. The van der Waals surface area contributed by atoms with Gasteiger partial charge in [-0.25, -0.2) is 4.79 Å². The van der Waals surface area contributed by atoms with Gasteiger partial charge in [-0.05, 0) is 24.8 Å². The summed E-state index contributed by atoms with van der Waals surface area (Å²) in [7, 11) is 0. The first-order valence-corrected chi connectivity index (χ1v) is 6.74. The summed E-state index contributed by atoms with van der Waals surface area (Å²) in [5, 5.41) is 19.7. The summed E-state index contributed by atoms with van der Waals surface area (Å²) >= 11 is 0. The molecule has 1 saturated heterocycles. The average molecular weight is 292 g/mol. The Hall–Kier alpha value is -2.44. The molecule has 1 unspecified atom stereocenters. The molecule has 0 radical (unpaired) electrons. The molecular formula is C14H16N2O5. The highest BCUT2D eigenvalue weighted by molar-refractivity contribution is 5.85. The van der Waals surface area contributed by atoms with Crippen molar-refractivity contribution in [2.24, 2.45) is 0 Å². The zero-order valence-corrected chi connectivity index (χ0v) is 11.4. The predicted octanol–water partition coefficient (Wildman–Crippen LogP) is 1.60. The molecule has 1 aromatic rings. The van der Waals surface area contributed by atoms with Gasteiger partial charge in [-0.2, -0.15) is 0 Å². The van der Waals surface area contributed by atoms with Gasteiger partial charge in [0.05, 0.1) is 11.3 Å². The smallest absolute Gasteiger partial charge is 0.326 e. The average Bonchev–Trinajstić information content (AvgIpc) is 2.47. The van der Waals surface area contributed by atoms with Crippen LogP contribution in [0.5, 0.6) is 0 Å². The summed E-state index contributed by atoms with van der Waals surface area (Å²) in [6, 6.07) is 4.97. The highest BCUT2D eigenvalue weighted by Crippen LogP contribution is 2.19. The van der Waals surface area contributed by atoms with Crippen LogP contribution in [0.15, 0.2) is 24.3 Å². The molecular weight excluding hydrogens is 276 g/mol. The molecule has 1 amide bonds. The minimum absolute atomic E-state index is 0.0346. The van der Waals surface area contributed by atoms with Crippen LogP contribution in [0.25, 0.3) is 0 Å². The van der Waals surface area contributed by atoms with E-state index >= 15 is 0 Å². The molecule has 0 aliphatic carbocycles. The van der Waals surface area contributed by atoms with Crippen molar-refractivity contribution in [1.29, 1.82) is 0 Å². The van der Waals surface area contributed by atoms with E-state index in [9.17, 15) is 19.7 Å². The van der Waals surface area contributed by atoms with E-state index in [1.54, 1.807) is 0 Å². The van der Waals surface area contributed by atoms with Crippen molar-refractivity contribution in [2.45, 2.75) is 31.7 Å². The summed E-state index contributed by atoms with van der Waals surface area (Å²) < 4.78 is 0. The van der Waals surface area contributed by atoms with Gasteiger partial charge in [-0.1, -0.05) is 12.1 Å². The Balaban J connectivity index is 2.05. The number of benzene rings is 1. The fraction of sp³-hybridized carbons (Fsp3) is 0.429. The number of carbonyl (C=O) groups excluding carboxylic acids is 1. The number of nitro groups is 1. The SMILES string of the molecule is O=C(O)C1CCCCN1C(=O)Cc1ccc([N+](=O)[O-])cc1. The van der Waals surface area contributed by atoms with Crippen molar-refractivity contribution in [1.82, 2.24) is 4.90 Å². The number of nitrogens with zero attached hydrogens (tertiary/aromatic N) is 2. The molecule has 7 nitrogen and oxygen atoms in total. The summed E-state index contributed by atoms with van der Waals surface area (Å²) in [5.41, 5.74) is 0.605. The Morgan fingerprint density at radius 2 is 1.95 bits per heavy atom. The van der Waals surface area contributed by atoms with Gasteiger partial charge in [0.2, 0.25) is 5.91 Å². The van der Waals surface area contributed by atoms with Crippen molar-refractivity contribution < 1.29 is 19.6 Å². The Kier molecular flexibility index (Phi) is 4.52. The van der Waals surface area contributed by atoms with Crippen LogP contribution in [-0.4, -0.2) is 39.4 Å². The summed E-state index contributed by atoms with van der Waals surface area (Å²) in [5.74, 6) is -1.23. The number of carbonyl (C=O) groups is 2. The van der Waals surface area contributed by atoms with E-state index in [-0.39, 0.29) is 18.0 Å². The summed E-state index contributed by atoms with van der Waals surface area (Å²) in [6.45, 7) is 0.447. The maximum absolute atomic E-state index is 12.2. The molecule has 1 fully saturated rings. The first-order valence-electron chi connectivity index (χ1n) is 6.74. The third-order valence-corrected chi connectivity index (χ3v) is 3.61. The van der Waals surface area contributed by atoms with Crippen molar-refractivity contribution in [3.05, 3.63) is 39.9 Å². The molecule has 1 aliphatic rings. The van der Waals surface area contributed by atoms with E-state index in [2.05, 4.69) is 0 Å². The highest BCUT2D eigenvalue weighted by Gasteiger charge is 2.31. The van der Waals surface area contributed by atoms with Crippen LogP contribution in [0.1, 0.15) is 24.8 Å². The number of aliphatic carboxylic acids is 1. The molecule has 7 heteroatoms. The van der Waals surface area contributed by atoms with Crippen LogP contribution >= 0.6 is 0 Å². The van der Waals surface area contributed by atoms with Crippen LogP contribution in [0.2, 0.25) is 0 Å². The zero-order chi connectivity index (χ0) is 15.4. The predicted molar refractivity (Wildman–Crippen MR) is 73.8 cm³/mol. The first-order chi connectivity index (χ1) is 9.99. The van der Waals surface area contributed by atoms with Gasteiger partial charge < -0.3 is 10.0 Å². The topological polar surface area (TPSA) is 101 Å². The van der Waals surface area contributed by atoms with Gasteiger partial charge in [0.15, 0.2) is 0 Å². The normalized spacial score (nSPS) is 18.3. The third-order valence-electron chi connectivity index (χ3n) is 3.61. The molecule has 21 heavy (non-hydrogen) atoms. The van der Waals surface area contributed by atoms with E-state index in [0.717, 1.165) is 12.8 Å². The lowest BCUT2D eigenvalue weighted by molar-refractivity contribution is -0.384. The molecule has 2 rings (SSSR count). The molecule has 0 bridgehead atoms. The molecule has 0 saturated carbocycles. The van der Waals surface area contributed by atoms with E-state index in [1.807, 2.05) is 0 Å². The van der Waals surface area contributed by atoms with Crippen molar-refractivity contribution in [2.75, 3.05) is 6.54 Å². The Morgan fingerprint density at radius 1 is 1.29 bits per heavy atom. The summed E-state index contributed by atoms with van der Waals surface area (Å²) in [6.07, 6.45) is 2.14. The molecule has 112 valence electrons. The molecule has 1 N–H and O–H groups in total. The largest absolute Gasteiger partial charge is 0.480 e. The maximum Gasteiger partial charge on any atom is 0.326 e. The lowest BCUT2D eigenvalue weighted by Gasteiger charge is -2.33. The second-order valence-electron chi connectivity index (χ2n) is 5.04. The standard InChI is InChI=1S/C14H16N2O5/c17-13(15-8-2-1-3-12(15)14(18)19)9-10-4-6-11(7-5-10)16(20)21/h4-7,12H,1-3,8-9H2,(H,18,19).